The van der Waals surface area contributed by atoms with Gasteiger partial charge in [-0.3, -0.25) is 4.79 Å². The van der Waals surface area contributed by atoms with E-state index >= 15 is 0 Å². The van der Waals surface area contributed by atoms with Gasteiger partial charge < -0.3 is 0 Å². The van der Waals surface area contributed by atoms with Gasteiger partial charge in [-0.05, 0) is 19.7 Å². The molecule has 0 radical (unpaired) electrons. The van der Waals surface area contributed by atoms with Crippen LogP contribution in [0.25, 0.3) is 0 Å². The Balaban J connectivity index is 5.16. The van der Waals surface area contributed by atoms with E-state index in [4.69, 9.17) is 8.22 Å². The molecule has 0 aromatic carbocycles. The maximum absolute atomic E-state index is 11.3. The lowest BCUT2D eigenvalue weighted by molar-refractivity contribution is -0.121. The molecule has 0 spiro atoms. The first-order chi connectivity index (χ1) is 6.79. The first-order valence-electron chi connectivity index (χ1n) is 6.29. The molecule has 0 N–H and O–H groups in total. The fourth-order valence-corrected chi connectivity index (χ4v) is 0.675. The Labute approximate surface area is 72.3 Å². The summed E-state index contributed by atoms with van der Waals surface area (Å²) in [5, 5.41) is 0. The molecule has 0 bridgehead atoms. The number of Topliss-reactive ketones (excluding diaryl/α,β-unsaturated/α-hetero) is 1. The number of carbonyl (C=O) groups excluding carboxylic acids is 1. The van der Waals surface area contributed by atoms with E-state index in [0.717, 1.165) is 6.92 Å². The molecular weight excluding hydrogens is 124 g/mol. The SMILES string of the molecule is [2H]C([2H])(C)CC(C(C)=O)C([2H])([2H])C([2H])([2H])C. The molecule has 0 amide bonds. The molecule has 0 heterocycles. The minimum Gasteiger partial charge on any atom is -0.300 e. The van der Waals surface area contributed by atoms with Crippen LogP contribution in [0.5, 0.6) is 0 Å². The van der Waals surface area contributed by atoms with E-state index in [1.165, 1.54) is 13.8 Å². The van der Waals surface area contributed by atoms with Gasteiger partial charge in [0.2, 0.25) is 0 Å². The molecular formula is C9H18O. The Kier molecular flexibility index (Phi) is 1.84. The predicted molar refractivity (Wildman–Crippen MR) is 44.0 cm³/mol. The molecule has 0 aliphatic carbocycles. The summed E-state index contributed by atoms with van der Waals surface area (Å²) in [5.74, 6) is -1.80. The molecule has 0 aliphatic rings. The second kappa shape index (κ2) is 5.45. The Morgan fingerprint density at radius 2 is 2.10 bits per heavy atom. The second-order valence-electron chi connectivity index (χ2n) is 2.12. The fourth-order valence-electron chi connectivity index (χ4n) is 0.675. The number of rotatable bonds is 5. The van der Waals surface area contributed by atoms with Gasteiger partial charge in [0.15, 0.2) is 0 Å². The van der Waals surface area contributed by atoms with E-state index in [9.17, 15) is 4.79 Å². The zero-order valence-electron chi connectivity index (χ0n) is 12.7. The molecule has 0 rings (SSSR count). The monoisotopic (exact) mass is 148 g/mol. The van der Waals surface area contributed by atoms with Crippen molar-refractivity contribution in [3.05, 3.63) is 0 Å². The van der Waals surface area contributed by atoms with Crippen molar-refractivity contribution in [2.75, 3.05) is 0 Å². The average Bonchev–Trinajstić information content (AvgIpc) is 1.95. The summed E-state index contributed by atoms with van der Waals surface area (Å²) in [5.41, 5.74) is 0. The van der Waals surface area contributed by atoms with Gasteiger partial charge in [-0.1, -0.05) is 26.6 Å². The molecule has 0 fully saturated rings. The van der Waals surface area contributed by atoms with Crippen molar-refractivity contribution < 1.29 is 13.0 Å². The molecule has 0 aliphatic heterocycles. The van der Waals surface area contributed by atoms with E-state index in [2.05, 4.69) is 0 Å². The summed E-state index contributed by atoms with van der Waals surface area (Å²) in [4.78, 5) is 11.3. The van der Waals surface area contributed by atoms with Crippen molar-refractivity contribution in [2.24, 2.45) is 5.92 Å². The van der Waals surface area contributed by atoms with Gasteiger partial charge in [0.25, 0.3) is 0 Å². The fraction of sp³-hybridized carbons (Fsp3) is 0.889. The van der Waals surface area contributed by atoms with Gasteiger partial charge in [0, 0.05) is 14.1 Å². The second-order valence-corrected chi connectivity index (χ2v) is 2.12. The van der Waals surface area contributed by atoms with Gasteiger partial charge in [0.1, 0.15) is 5.78 Å². The van der Waals surface area contributed by atoms with Crippen molar-refractivity contribution in [2.45, 2.75) is 46.3 Å². The average molecular weight is 148 g/mol. The van der Waals surface area contributed by atoms with Crippen LogP contribution >= 0.6 is 0 Å². The van der Waals surface area contributed by atoms with Crippen LogP contribution in [0, 0.1) is 5.92 Å². The van der Waals surface area contributed by atoms with Gasteiger partial charge in [0.05, 0.1) is 0 Å². The summed E-state index contributed by atoms with van der Waals surface area (Å²) in [7, 11) is 0. The highest BCUT2D eigenvalue weighted by Crippen LogP contribution is 2.13. The Morgan fingerprint density at radius 1 is 1.50 bits per heavy atom. The van der Waals surface area contributed by atoms with Gasteiger partial charge in [-0.25, -0.2) is 0 Å². The summed E-state index contributed by atoms with van der Waals surface area (Å²) in [6.07, 6.45) is -6.58. The van der Waals surface area contributed by atoms with Gasteiger partial charge in [-0.2, -0.15) is 0 Å². The highest BCUT2D eigenvalue weighted by molar-refractivity contribution is 5.78. The van der Waals surface area contributed by atoms with Crippen LogP contribution in [0.15, 0.2) is 0 Å². The van der Waals surface area contributed by atoms with Crippen LogP contribution in [0.3, 0.4) is 0 Å². The normalized spacial score (nSPS) is 26.3. The summed E-state index contributed by atoms with van der Waals surface area (Å²) in [6.45, 7) is 3.48. The molecule has 1 nitrogen and oxygen atoms in total. The lowest BCUT2D eigenvalue weighted by Crippen LogP contribution is -2.09. The third kappa shape index (κ3) is 3.65. The number of carbonyl (C=O) groups is 1. The van der Waals surface area contributed by atoms with E-state index in [-0.39, 0.29) is 6.42 Å². The largest absolute Gasteiger partial charge is 0.300 e. The maximum atomic E-state index is 11.3. The van der Waals surface area contributed by atoms with Crippen LogP contribution in [-0.2, 0) is 4.79 Å². The highest BCUT2D eigenvalue weighted by Gasteiger charge is 2.10. The minimum absolute atomic E-state index is 0.317. The van der Waals surface area contributed by atoms with Crippen LogP contribution in [0.4, 0.5) is 0 Å². The van der Waals surface area contributed by atoms with E-state index < -0.39 is 30.8 Å². The smallest absolute Gasteiger partial charge is 0.132 e. The molecule has 0 aromatic rings. The first-order valence-corrected chi connectivity index (χ1v) is 3.29. The first kappa shape index (κ1) is 3.38. The molecule has 1 heteroatoms. The number of hydrogen-bond donors (Lipinski definition) is 0. The molecule has 0 saturated heterocycles. The maximum Gasteiger partial charge on any atom is 0.132 e. The van der Waals surface area contributed by atoms with Crippen LogP contribution in [0.2, 0.25) is 0 Å². The van der Waals surface area contributed by atoms with Crippen molar-refractivity contribution in [3.63, 3.8) is 0 Å². The molecule has 10 heavy (non-hydrogen) atoms. The van der Waals surface area contributed by atoms with Gasteiger partial charge >= 0.3 is 0 Å². The van der Waals surface area contributed by atoms with Crippen molar-refractivity contribution >= 4 is 5.78 Å². The third-order valence-corrected chi connectivity index (χ3v) is 1.22. The standard InChI is InChI=1S/C9H18O/c1-4-6-9(7-5-2)8(3)10/h9H,4-7H2,1-3H3/i4D2,5D2,6D2. The number of ketones is 1. The summed E-state index contributed by atoms with van der Waals surface area (Å²) >= 11 is 0. The van der Waals surface area contributed by atoms with E-state index in [0.29, 0.717) is 0 Å². The van der Waals surface area contributed by atoms with Crippen molar-refractivity contribution in [1.82, 2.24) is 0 Å². The molecule has 1 unspecified atom stereocenters. The van der Waals surface area contributed by atoms with E-state index in [1.807, 2.05) is 0 Å². The predicted octanol–water partition coefficient (Wildman–Crippen LogP) is 2.79. The highest BCUT2D eigenvalue weighted by atomic mass is 16.1. The zero-order chi connectivity index (χ0) is 13.4. The molecule has 0 saturated carbocycles. The quantitative estimate of drug-likeness (QED) is 0.586. The summed E-state index contributed by atoms with van der Waals surface area (Å²) < 4.78 is 44.8. The number of hydrogen-bond acceptors (Lipinski definition) is 1. The van der Waals surface area contributed by atoms with Crippen LogP contribution in [-0.4, -0.2) is 5.78 Å². The third-order valence-electron chi connectivity index (χ3n) is 1.22. The Morgan fingerprint density at radius 3 is 2.40 bits per heavy atom. The van der Waals surface area contributed by atoms with Crippen LogP contribution < -0.4 is 0 Å². The minimum atomic E-state index is -2.37. The Hall–Kier alpha value is -0.330. The van der Waals surface area contributed by atoms with Gasteiger partial charge in [-0.15, -0.1) is 0 Å². The molecule has 1 atom stereocenters. The molecule has 0 aromatic heterocycles. The van der Waals surface area contributed by atoms with Crippen molar-refractivity contribution in [1.29, 1.82) is 0 Å². The Bertz CT molecular complexity index is 262. The topological polar surface area (TPSA) is 17.1 Å². The lowest BCUT2D eigenvalue weighted by atomic mass is 9.95. The summed E-state index contributed by atoms with van der Waals surface area (Å²) in [6, 6.07) is 0. The van der Waals surface area contributed by atoms with Crippen LogP contribution in [0.1, 0.15) is 54.5 Å². The molecule has 60 valence electrons. The van der Waals surface area contributed by atoms with E-state index in [1.54, 1.807) is 0 Å². The van der Waals surface area contributed by atoms with Crippen molar-refractivity contribution in [3.8, 4) is 0 Å². The zero-order valence-corrected chi connectivity index (χ0v) is 6.69. The lowest BCUT2D eigenvalue weighted by Gasteiger charge is -2.09.